The van der Waals surface area contributed by atoms with E-state index in [0.29, 0.717) is 0 Å². The Morgan fingerprint density at radius 2 is 0.714 bits per heavy atom. The number of benzene rings is 9. The van der Waals surface area contributed by atoms with Gasteiger partial charge in [0.15, 0.2) is 0 Å². The number of hydrogen-bond acceptors (Lipinski definition) is 1. The maximum absolute atomic E-state index is 2.42. The van der Waals surface area contributed by atoms with Crippen LogP contribution in [0.4, 0.5) is 0 Å². The lowest BCUT2D eigenvalue weighted by Crippen LogP contribution is -1.93. The Labute approximate surface area is 288 Å². The van der Waals surface area contributed by atoms with Gasteiger partial charge < -0.3 is 0 Å². The third-order valence-corrected chi connectivity index (χ3v) is 11.8. The zero-order chi connectivity index (χ0) is 32.1. The topological polar surface area (TPSA) is 0 Å². The summed E-state index contributed by atoms with van der Waals surface area (Å²) in [4.78, 5) is 0. The van der Waals surface area contributed by atoms with Gasteiger partial charge >= 0.3 is 0 Å². The zero-order valence-corrected chi connectivity index (χ0v) is 27.4. The lowest BCUT2D eigenvalue weighted by Gasteiger charge is -2.20. The highest BCUT2D eigenvalue weighted by atomic mass is 32.1. The highest BCUT2D eigenvalue weighted by Crippen LogP contribution is 2.51. The summed E-state index contributed by atoms with van der Waals surface area (Å²) in [6.07, 6.45) is 0. The number of rotatable bonds is 2. The minimum Gasteiger partial charge on any atom is -0.135 e. The van der Waals surface area contributed by atoms with Crippen molar-refractivity contribution in [3.8, 4) is 55.6 Å². The minimum atomic E-state index is 1.26. The van der Waals surface area contributed by atoms with Crippen molar-refractivity contribution < 1.29 is 0 Å². The molecular formula is C48H28S. The Morgan fingerprint density at radius 3 is 1.37 bits per heavy atom. The van der Waals surface area contributed by atoms with Gasteiger partial charge in [-0.1, -0.05) is 152 Å². The molecule has 0 radical (unpaired) electrons. The zero-order valence-electron chi connectivity index (χ0n) is 26.6. The molecule has 0 spiro atoms. The van der Waals surface area contributed by atoms with Crippen LogP contribution >= 0.6 is 11.3 Å². The van der Waals surface area contributed by atoms with E-state index < -0.39 is 0 Å². The van der Waals surface area contributed by atoms with Gasteiger partial charge in [-0.2, -0.15) is 0 Å². The fourth-order valence-electron chi connectivity index (χ4n) is 8.59. The van der Waals surface area contributed by atoms with E-state index in [1.165, 1.54) is 108 Å². The molecule has 1 aromatic heterocycles. The van der Waals surface area contributed by atoms with Gasteiger partial charge in [-0.15, -0.1) is 11.3 Å². The van der Waals surface area contributed by atoms with E-state index in [4.69, 9.17) is 0 Å². The van der Waals surface area contributed by atoms with Crippen molar-refractivity contribution in [2.45, 2.75) is 0 Å². The molecule has 10 aromatic rings. The molecule has 0 amide bonds. The molecule has 1 aliphatic carbocycles. The molecule has 0 N–H and O–H groups in total. The molecule has 49 heavy (non-hydrogen) atoms. The Bertz CT molecular complexity index is 2890. The third-order valence-electron chi connectivity index (χ3n) is 10.6. The fraction of sp³-hybridized carbons (Fsp3) is 0. The van der Waals surface area contributed by atoms with Crippen LogP contribution in [0.3, 0.4) is 0 Å². The Kier molecular flexibility index (Phi) is 5.64. The van der Waals surface area contributed by atoms with E-state index in [0.717, 1.165) is 0 Å². The van der Waals surface area contributed by atoms with Gasteiger partial charge in [-0.25, -0.2) is 0 Å². The van der Waals surface area contributed by atoms with Crippen LogP contribution in [0.15, 0.2) is 170 Å². The number of fused-ring (bicyclic) bond motifs is 10. The van der Waals surface area contributed by atoms with Crippen LogP contribution in [-0.4, -0.2) is 0 Å². The second-order valence-corrected chi connectivity index (χ2v) is 14.2. The first-order valence-electron chi connectivity index (χ1n) is 16.9. The van der Waals surface area contributed by atoms with Crippen LogP contribution in [0.2, 0.25) is 0 Å². The quantitative estimate of drug-likeness (QED) is 0.166. The molecule has 226 valence electrons. The molecule has 0 aliphatic heterocycles. The molecule has 0 atom stereocenters. The van der Waals surface area contributed by atoms with Crippen molar-refractivity contribution in [2.24, 2.45) is 0 Å². The molecule has 0 saturated heterocycles. The largest absolute Gasteiger partial charge is 0.135 e. The van der Waals surface area contributed by atoms with Crippen LogP contribution in [0.5, 0.6) is 0 Å². The molecule has 0 bridgehead atoms. The van der Waals surface area contributed by atoms with E-state index in [1.54, 1.807) is 0 Å². The lowest BCUT2D eigenvalue weighted by atomic mass is 9.83. The molecule has 11 rings (SSSR count). The lowest BCUT2D eigenvalue weighted by molar-refractivity contribution is 1.62. The number of thiophene rings is 1. The van der Waals surface area contributed by atoms with E-state index in [1.807, 2.05) is 11.3 Å². The molecule has 1 heterocycles. The molecular weight excluding hydrogens is 609 g/mol. The fourth-order valence-corrected chi connectivity index (χ4v) is 9.68. The molecule has 1 heteroatoms. The maximum Gasteiger partial charge on any atom is 0.0355 e. The monoisotopic (exact) mass is 636 g/mol. The summed E-state index contributed by atoms with van der Waals surface area (Å²) in [5, 5.41) is 10.4. The van der Waals surface area contributed by atoms with Crippen molar-refractivity contribution in [1.29, 1.82) is 0 Å². The van der Waals surface area contributed by atoms with Gasteiger partial charge in [0, 0.05) is 20.2 Å². The van der Waals surface area contributed by atoms with Crippen molar-refractivity contribution in [3.63, 3.8) is 0 Å². The second kappa shape index (κ2) is 10.2. The van der Waals surface area contributed by atoms with Gasteiger partial charge in [-0.05, 0) is 106 Å². The van der Waals surface area contributed by atoms with Crippen molar-refractivity contribution in [1.82, 2.24) is 0 Å². The first kappa shape index (κ1) is 27.0. The Morgan fingerprint density at radius 1 is 0.265 bits per heavy atom. The summed E-state index contributed by atoms with van der Waals surface area (Å²) in [5.41, 5.74) is 12.9. The SMILES string of the molecule is c1ccc2c(c1)-c1ccccc1-c1ccc(-c3c4ccccc4c(-c4ccc5sc6ccccc6c5c4)c4ccccc34)c3cccc-2c13. The van der Waals surface area contributed by atoms with Gasteiger partial charge in [0.1, 0.15) is 0 Å². The first-order valence-corrected chi connectivity index (χ1v) is 17.8. The summed E-state index contributed by atoms with van der Waals surface area (Å²) in [7, 11) is 0. The van der Waals surface area contributed by atoms with E-state index in [-0.39, 0.29) is 0 Å². The molecule has 1 aliphatic rings. The molecule has 0 unspecified atom stereocenters. The van der Waals surface area contributed by atoms with Crippen molar-refractivity contribution in [3.05, 3.63) is 170 Å². The Hall–Kier alpha value is -6.02. The van der Waals surface area contributed by atoms with E-state index >= 15 is 0 Å². The normalized spacial score (nSPS) is 12.1. The molecule has 9 aromatic carbocycles. The van der Waals surface area contributed by atoms with Crippen LogP contribution in [0, 0.1) is 0 Å². The minimum absolute atomic E-state index is 1.26. The predicted molar refractivity (Wildman–Crippen MR) is 213 cm³/mol. The van der Waals surface area contributed by atoms with Crippen LogP contribution < -0.4 is 0 Å². The maximum atomic E-state index is 2.42. The molecule has 0 nitrogen and oxygen atoms in total. The summed E-state index contributed by atoms with van der Waals surface area (Å²) >= 11 is 1.88. The summed E-state index contributed by atoms with van der Waals surface area (Å²) in [6, 6.07) is 63.3. The van der Waals surface area contributed by atoms with Crippen LogP contribution in [0.25, 0.3) is 108 Å². The van der Waals surface area contributed by atoms with Crippen LogP contribution in [-0.2, 0) is 0 Å². The second-order valence-electron chi connectivity index (χ2n) is 13.1. The number of hydrogen-bond donors (Lipinski definition) is 0. The predicted octanol–water partition coefficient (Wildman–Crippen LogP) is 14.2. The Balaban J connectivity index is 1.25. The van der Waals surface area contributed by atoms with E-state index in [2.05, 4.69) is 170 Å². The first-order chi connectivity index (χ1) is 24.3. The standard InChI is InChI=1S/C48H28S/c1-3-14-32-30(12-1)31-13-2-4-15-33(31)41-25-26-42(40-22-11-21-35(32)47(40)41)48-38-19-7-5-17-36(38)46(37-18-6-8-20-39(37)48)29-24-27-45-43(28-29)34-16-9-10-23-44(34)49-45/h1-28H. The third kappa shape index (κ3) is 3.79. The smallest absolute Gasteiger partial charge is 0.0355 e. The van der Waals surface area contributed by atoms with Gasteiger partial charge in [-0.3, -0.25) is 0 Å². The van der Waals surface area contributed by atoms with Crippen molar-refractivity contribution in [2.75, 3.05) is 0 Å². The highest BCUT2D eigenvalue weighted by Gasteiger charge is 2.24. The summed E-state index contributed by atoms with van der Waals surface area (Å²) in [6.45, 7) is 0. The molecule has 0 fully saturated rings. The average Bonchev–Trinajstić information content (AvgIpc) is 3.49. The highest BCUT2D eigenvalue weighted by molar-refractivity contribution is 7.25. The van der Waals surface area contributed by atoms with Crippen molar-refractivity contribution >= 4 is 63.8 Å². The average molecular weight is 637 g/mol. The van der Waals surface area contributed by atoms with Gasteiger partial charge in [0.2, 0.25) is 0 Å². The van der Waals surface area contributed by atoms with Crippen LogP contribution in [0.1, 0.15) is 0 Å². The van der Waals surface area contributed by atoms with Gasteiger partial charge in [0.05, 0.1) is 0 Å². The molecule has 0 saturated carbocycles. The summed E-state index contributed by atoms with van der Waals surface area (Å²) < 4.78 is 2.67. The van der Waals surface area contributed by atoms with Gasteiger partial charge in [0.25, 0.3) is 0 Å². The summed E-state index contributed by atoms with van der Waals surface area (Å²) in [5.74, 6) is 0. The van der Waals surface area contributed by atoms with E-state index in [9.17, 15) is 0 Å².